The number of benzene rings is 4. The number of fused-ring (bicyclic) bond motifs is 2. The summed E-state index contributed by atoms with van der Waals surface area (Å²) in [4.78, 5) is 0. The van der Waals surface area contributed by atoms with E-state index in [2.05, 4.69) is 164 Å². The molecule has 0 aliphatic rings. The first-order valence-corrected chi connectivity index (χ1v) is 21.3. The van der Waals surface area contributed by atoms with Gasteiger partial charge in [0.2, 0.25) is 0 Å². The second-order valence-corrected chi connectivity index (χ2v) is 13.7. The van der Waals surface area contributed by atoms with Crippen LogP contribution in [0.25, 0.3) is 43.8 Å². The fraction of sp³-hybridized carbons (Fsp3) is 0.311. The summed E-state index contributed by atoms with van der Waals surface area (Å²) in [6, 6.07) is 41.7. The Labute approximate surface area is 308 Å². The van der Waals surface area contributed by atoms with Gasteiger partial charge in [0.15, 0.2) is 0 Å². The second kappa shape index (κ2) is 19.4. The number of unbranched alkanes of at least 4 members (excludes halogenated alkanes) is 3. The maximum absolute atomic E-state index is 5.82. The molecule has 0 spiro atoms. The summed E-state index contributed by atoms with van der Waals surface area (Å²) in [6.07, 6.45) is 6.09. The van der Waals surface area contributed by atoms with Crippen LogP contribution in [0.15, 0.2) is 115 Å². The van der Waals surface area contributed by atoms with E-state index in [1.54, 1.807) is 0 Å². The Morgan fingerprint density at radius 2 is 1.25 bits per heavy atom. The molecule has 1 nitrogen and oxygen atoms in total. The average Bonchev–Trinajstić information content (AvgIpc) is 3.67. The van der Waals surface area contributed by atoms with E-state index < -0.39 is 0 Å². The van der Waals surface area contributed by atoms with Crippen LogP contribution in [0, 0.1) is 14.4 Å². The summed E-state index contributed by atoms with van der Waals surface area (Å²) in [5.41, 5.74) is 9.69. The first-order valence-electron chi connectivity index (χ1n) is 17.1. The van der Waals surface area contributed by atoms with Crippen molar-refractivity contribution in [1.82, 2.24) is 0 Å². The van der Waals surface area contributed by atoms with Crippen molar-refractivity contribution in [3.8, 4) is 22.3 Å². The number of rotatable bonds is 10. The van der Waals surface area contributed by atoms with Crippen molar-refractivity contribution in [1.29, 1.82) is 0 Å². The van der Waals surface area contributed by atoms with Crippen LogP contribution in [0.3, 0.4) is 0 Å². The molecular formula is C45H53OSiZr-3. The SMILES string of the molecule is CC(C)c1cc2c(-c3ccccc3)cccc2[cH-]1.Cc1[cH-]c2cccc(-c3ccccc3)c2c1CCCCCCOC(C)(C)C.[CH3-].[Si]=[Zr]. The van der Waals surface area contributed by atoms with Crippen LogP contribution in [0.1, 0.15) is 82.9 Å². The molecule has 0 N–H and O–H groups in total. The topological polar surface area (TPSA) is 9.23 Å². The minimum absolute atomic E-state index is 0. The van der Waals surface area contributed by atoms with Gasteiger partial charge in [0.05, 0.1) is 5.60 Å². The maximum atomic E-state index is 5.82. The standard InChI is InChI=1S/C26H33O.C18H17.CH3.Si.Zr/c1-20-19-22-15-12-17-24(21-13-8-7-9-14-21)25(22)23(20)16-10-5-6-11-18-27-26(2,3)4;1-13(2)16-11-15-9-6-10-17(18(15)12-16)14-7-4-3-5-8-14;;;/h7-9,12-15,17,19H,5-6,10-11,16,18H2,1-4H3;3-13H,1-2H3;1H3;;/q3*-1;;. The molecule has 0 aromatic heterocycles. The molecule has 0 saturated heterocycles. The van der Waals surface area contributed by atoms with Crippen LogP contribution in [0.4, 0.5) is 0 Å². The van der Waals surface area contributed by atoms with Gasteiger partial charge in [-0.2, -0.15) is 6.07 Å². The van der Waals surface area contributed by atoms with Crippen LogP contribution < -0.4 is 0 Å². The van der Waals surface area contributed by atoms with Gasteiger partial charge in [-0.25, -0.2) is 0 Å². The van der Waals surface area contributed by atoms with Crippen LogP contribution in [0.5, 0.6) is 0 Å². The molecule has 0 unspecified atom stereocenters. The average molecular weight is 729 g/mol. The molecule has 0 aliphatic carbocycles. The van der Waals surface area contributed by atoms with Crippen LogP contribution in [0.2, 0.25) is 0 Å². The molecule has 0 bridgehead atoms. The van der Waals surface area contributed by atoms with Gasteiger partial charge in [-0.1, -0.05) is 130 Å². The molecule has 2 radical (unpaired) electrons. The Balaban J connectivity index is 0.000000259. The van der Waals surface area contributed by atoms with Gasteiger partial charge in [-0.15, -0.1) is 74.6 Å². The summed E-state index contributed by atoms with van der Waals surface area (Å²) in [5.74, 6) is 0.584. The Hall–Kier alpha value is -2.84. The minimum atomic E-state index is -0.0147. The molecule has 0 amide bonds. The van der Waals surface area contributed by atoms with Crippen molar-refractivity contribution in [3.05, 3.63) is 139 Å². The first-order chi connectivity index (χ1) is 22.7. The van der Waals surface area contributed by atoms with Crippen LogP contribution >= 0.6 is 0 Å². The predicted octanol–water partition coefficient (Wildman–Crippen LogP) is 12.9. The molecule has 0 heterocycles. The molecule has 0 aliphatic heterocycles. The van der Waals surface area contributed by atoms with E-state index in [1.165, 1.54) is 110 Å². The molecule has 3 heteroatoms. The predicted molar refractivity (Wildman–Crippen MR) is 209 cm³/mol. The number of hydrogen-bond donors (Lipinski definition) is 0. The Morgan fingerprint density at radius 3 is 1.85 bits per heavy atom. The van der Waals surface area contributed by atoms with Crippen molar-refractivity contribution < 1.29 is 28.1 Å². The van der Waals surface area contributed by atoms with Gasteiger partial charge in [-0.05, 0) is 44.2 Å². The summed E-state index contributed by atoms with van der Waals surface area (Å²) >= 11 is 1.36. The third-order valence-corrected chi connectivity index (χ3v) is 8.71. The zero-order valence-corrected chi connectivity index (χ0v) is 33.7. The van der Waals surface area contributed by atoms with Gasteiger partial charge >= 0.3 is 30.2 Å². The van der Waals surface area contributed by atoms with Crippen molar-refractivity contribution in [2.45, 2.75) is 85.2 Å². The third-order valence-electron chi connectivity index (χ3n) is 8.71. The molecule has 0 saturated carbocycles. The molecule has 6 rings (SSSR count). The van der Waals surface area contributed by atoms with E-state index in [-0.39, 0.29) is 13.0 Å². The summed E-state index contributed by atoms with van der Waals surface area (Å²) in [7, 11) is 0. The Morgan fingerprint density at radius 1 is 0.688 bits per heavy atom. The van der Waals surface area contributed by atoms with E-state index in [1.807, 2.05) is 0 Å². The van der Waals surface area contributed by atoms with Crippen molar-refractivity contribution in [3.63, 3.8) is 0 Å². The molecule has 6 aromatic rings. The fourth-order valence-electron chi connectivity index (χ4n) is 6.32. The number of ether oxygens (including phenoxy) is 1. The second-order valence-electron chi connectivity index (χ2n) is 13.7. The Kier molecular flexibility index (Phi) is 16.0. The van der Waals surface area contributed by atoms with E-state index in [9.17, 15) is 0 Å². The molecule has 0 fully saturated rings. The molecular weight excluding hydrogens is 676 g/mol. The van der Waals surface area contributed by atoms with Crippen LogP contribution in [-0.4, -0.2) is 19.1 Å². The van der Waals surface area contributed by atoms with E-state index in [0.29, 0.717) is 5.92 Å². The van der Waals surface area contributed by atoms with E-state index in [4.69, 9.17) is 4.74 Å². The first kappa shape index (κ1) is 39.6. The molecule has 250 valence electrons. The quantitative estimate of drug-likeness (QED) is 0.0775. The van der Waals surface area contributed by atoms with Crippen molar-refractivity contribution in [2.75, 3.05) is 6.61 Å². The van der Waals surface area contributed by atoms with Gasteiger partial charge in [0.25, 0.3) is 0 Å². The van der Waals surface area contributed by atoms with Crippen molar-refractivity contribution in [2.24, 2.45) is 0 Å². The summed E-state index contributed by atoms with van der Waals surface area (Å²) < 4.78 is 5.82. The normalized spacial score (nSPS) is 11.0. The molecule has 6 aromatic carbocycles. The zero-order valence-electron chi connectivity index (χ0n) is 30.2. The Bertz CT molecular complexity index is 1800. The van der Waals surface area contributed by atoms with E-state index >= 15 is 0 Å². The molecule has 48 heavy (non-hydrogen) atoms. The fourth-order valence-corrected chi connectivity index (χ4v) is 6.32. The number of hydrogen-bond acceptors (Lipinski definition) is 1. The van der Waals surface area contributed by atoms with Crippen LogP contribution in [-0.2, 0) is 34.5 Å². The van der Waals surface area contributed by atoms with Gasteiger partial charge in [0, 0.05) is 6.61 Å². The monoisotopic (exact) mass is 727 g/mol. The zero-order chi connectivity index (χ0) is 33.8. The summed E-state index contributed by atoms with van der Waals surface area (Å²) in [5, 5.41) is 5.55. The number of aryl methyl sites for hydroxylation is 2. The van der Waals surface area contributed by atoms with Gasteiger partial charge in [0.1, 0.15) is 0 Å². The molecule has 0 atom stereocenters. The van der Waals surface area contributed by atoms with E-state index in [0.717, 1.165) is 13.0 Å². The van der Waals surface area contributed by atoms with Gasteiger partial charge < -0.3 is 12.2 Å². The third kappa shape index (κ3) is 10.8. The van der Waals surface area contributed by atoms with Crippen molar-refractivity contribution >= 4 is 28.4 Å². The summed E-state index contributed by atoms with van der Waals surface area (Å²) in [6.45, 7) is 17.1. The van der Waals surface area contributed by atoms with Gasteiger partial charge in [-0.3, -0.25) is 0 Å².